The summed E-state index contributed by atoms with van der Waals surface area (Å²) >= 11 is 0. The molecule has 3 nitrogen and oxygen atoms in total. The summed E-state index contributed by atoms with van der Waals surface area (Å²) in [7, 11) is 0. The largest absolute Gasteiger partial charge is 0.361 e. The molecule has 1 amide bonds. The Kier molecular flexibility index (Phi) is 2.80. The topological polar surface area (TPSA) is 44.9 Å². The van der Waals surface area contributed by atoms with Gasteiger partial charge in [-0.05, 0) is 43.3 Å². The summed E-state index contributed by atoms with van der Waals surface area (Å²) in [5.41, 5.74) is 3.62. The van der Waals surface area contributed by atoms with Crippen LogP contribution in [0.4, 0.5) is 5.69 Å². The normalized spacial score (nSPS) is 10.6. The van der Waals surface area contributed by atoms with E-state index in [0.717, 1.165) is 22.2 Å². The number of carbonyl (C=O) groups is 1. The van der Waals surface area contributed by atoms with Gasteiger partial charge in [-0.3, -0.25) is 4.79 Å². The summed E-state index contributed by atoms with van der Waals surface area (Å²) in [5.74, 6) is -0.0846. The van der Waals surface area contributed by atoms with E-state index in [1.165, 1.54) is 0 Å². The lowest BCUT2D eigenvalue weighted by Gasteiger charge is -2.06. The molecule has 0 saturated carbocycles. The summed E-state index contributed by atoms with van der Waals surface area (Å²) in [6, 6.07) is 15.4. The lowest BCUT2D eigenvalue weighted by Crippen LogP contribution is -2.11. The maximum atomic E-state index is 12.1. The molecule has 1 aromatic heterocycles. The van der Waals surface area contributed by atoms with Crippen molar-refractivity contribution in [3.05, 3.63) is 65.9 Å². The van der Waals surface area contributed by atoms with Crippen LogP contribution in [0.25, 0.3) is 10.9 Å². The maximum absolute atomic E-state index is 12.1. The Bertz CT molecular complexity index is 743. The molecule has 0 unspecified atom stereocenters. The quantitative estimate of drug-likeness (QED) is 0.715. The van der Waals surface area contributed by atoms with E-state index < -0.39 is 0 Å². The molecule has 0 aliphatic heterocycles. The molecule has 3 heteroatoms. The number of carbonyl (C=O) groups excluding carboxylic acids is 1. The molecule has 0 saturated heterocycles. The first-order valence-electron chi connectivity index (χ1n) is 6.17. The van der Waals surface area contributed by atoms with Gasteiger partial charge >= 0.3 is 0 Å². The third-order valence-corrected chi connectivity index (χ3v) is 3.09. The van der Waals surface area contributed by atoms with Gasteiger partial charge in [0.1, 0.15) is 0 Å². The number of aryl methyl sites for hydroxylation is 1. The van der Waals surface area contributed by atoms with Crippen LogP contribution in [0.3, 0.4) is 0 Å². The fourth-order valence-corrected chi connectivity index (χ4v) is 2.12. The highest BCUT2D eigenvalue weighted by molar-refractivity contribution is 6.05. The highest BCUT2D eigenvalue weighted by atomic mass is 16.1. The van der Waals surface area contributed by atoms with E-state index in [1.54, 1.807) is 0 Å². The van der Waals surface area contributed by atoms with Crippen molar-refractivity contribution in [2.45, 2.75) is 6.92 Å². The second-order valence-corrected chi connectivity index (χ2v) is 4.60. The smallest absolute Gasteiger partial charge is 0.255 e. The van der Waals surface area contributed by atoms with Crippen LogP contribution in [0.1, 0.15) is 15.9 Å². The predicted molar refractivity (Wildman–Crippen MR) is 77.4 cm³/mol. The second-order valence-electron chi connectivity index (χ2n) is 4.60. The average Bonchev–Trinajstić information content (AvgIpc) is 2.86. The Morgan fingerprint density at radius 1 is 1.11 bits per heavy atom. The molecule has 0 radical (unpaired) electrons. The third kappa shape index (κ3) is 2.36. The molecule has 2 aromatic carbocycles. The molecule has 19 heavy (non-hydrogen) atoms. The fraction of sp³-hybridized carbons (Fsp3) is 0.0625. The van der Waals surface area contributed by atoms with Gasteiger partial charge in [0.2, 0.25) is 0 Å². The number of benzene rings is 2. The van der Waals surface area contributed by atoms with Crippen LogP contribution in [0.15, 0.2) is 54.7 Å². The number of hydrogen-bond donors (Lipinski definition) is 2. The zero-order chi connectivity index (χ0) is 13.2. The first-order chi connectivity index (χ1) is 9.22. The fourth-order valence-electron chi connectivity index (χ4n) is 2.12. The maximum Gasteiger partial charge on any atom is 0.255 e. The first-order valence-corrected chi connectivity index (χ1v) is 6.17. The van der Waals surface area contributed by atoms with Gasteiger partial charge in [-0.15, -0.1) is 0 Å². The van der Waals surface area contributed by atoms with Crippen molar-refractivity contribution < 1.29 is 4.79 Å². The molecule has 0 fully saturated rings. The Balaban J connectivity index is 1.86. The zero-order valence-electron chi connectivity index (χ0n) is 10.6. The van der Waals surface area contributed by atoms with E-state index in [-0.39, 0.29) is 5.91 Å². The van der Waals surface area contributed by atoms with Crippen LogP contribution in [-0.4, -0.2) is 10.9 Å². The average molecular weight is 250 g/mol. The molecule has 2 N–H and O–H groups in total. The Hall–Kier alpha value is -2.55. The molecule has 0 bridgehead atoms. The van der Waals surface area contributed by atoms with E-state index in [1.807, 2.05) is 61.7 Å². The van der Waals surface area contributed by atoms with Gasteiger partial charge in [0.25, 0.3) is 5.91 Å². The monoisotopic (exact) mass is 250 g/mol. The number of H-pyrrole nitrogens is 1. The molecule has 0 atom stereocenters. The summed E-state index contributed by atoms with van der Waals surface area (Å²) < 4.78 is 0. The third-order valence-electron chi connectivity index (χ3n) is 3.09. The van der Waals surface area contributed by atoms with E-state index in [0.29, 0.717) is 5.56 Å². The van der Waals surface area contributed by atoms with Crippen molar-refractivity contribution in [3.8, 4) is 0 Å². The molecule has 1 heterocycles. The van der Waals surface area contributed by atoms with Gasteiger partial charge in [-0.25, -0.2) is 0 Å². The van der Waals surface area contributed by atoms with Crippen LogP contribution in [0.5, 0.6) is 0 Å². The van der Waals surface area contributed by atoms with E-state index in [9.17, 15) is 4.79 Å². The Morgan fingerprint density at radius 2 is 2.00 bits per heavy atom. The van der Waals surface area contributed by atoms with Crippen LogP contribution in [-0.2, 0) is 0 Å². The number of nitrogens with one attached hydrogen (secondary N) is 2. The van der Waals surface area contributed by atoms with Crippen LogP contribution >= 0.6 is 0 Å². The number of fused-ring (bicyclic) bond motifs is 1. The molecular formula is C16H14N2O. The van der Waals surface area contributed by atoms with Gasteiger partial charge < -0.3 is 10.3 Å². The summed E-state index contributed by atoms with van der Waals surface area (Å²) in [6.07, 6.45) is 1.89. The van der Waals surface area contributed by atoms with Crippen molar-refractivity contribution in [2.24, 2.45) is 0 Å². The SMILES string of the molecule is Cc1cccc(C(=O)Nc2ccc3[nH]ccc3c2)c1. The minimum Gasteiger partial charge on any atom is -0.361 e. The van der Waals surface area contributed by atoms with Gasteiger partial charge in [-0.2, -0.15) is 0 Å². The van der Waals surface area contributed by atoms with E-state index in [2.05, 4.69) is 10.3 Å². The van der Waals surface area contributed by atoms with Gasteiger partial charge in [0.05, 0.1) is 0 Å². The van der Waals surface area contributed by atoms with Crippen LogP contribution < -0.4 is 5.32 Å². The predicted octanol–water partition coefficient (Wildman–Crippen LogP) is 3.73. The zero-order valence-corrected chi connectivity index (χ0v) is 10.6. The number of amides is 1. The molecule has 0 spiro atoms. The number of hydrogen-bond acceptors (Lipinski definition) is 1. The van der Waals surface area contributed by atoms with Gasteiger partial charge in [0.15, 0.2) is 0 Å². The standard InChI is InChI=1S/C16H14N2O/c1-11-3-2-4-13(9-11)16(19)18-14-5-6-15-12(10-14)7-8-17-15/h2-10,17H,1H3,(H,18,19). The van der Waals surface area contributed by atoms with E-state index >= 15 is 0 Å². The molecule has 3 aromatic rings. The highest BCUT2D eigenvalue weighted by Crippen LogP contribution is 2.18. The molecular weight excluding hydrogens is 236 g/mol. The van der Waals surface area contributed by atoms with Crippen molar-refractivity contribution >= 4 is 22.5 Å². The van der Waals surface area contributed by atoms with E-state index in [4.69, 9.17) is 0 Å². The van der Waals surface area contributed by atoms with Crippen molar-refractivity contribution in [2.75, 3.05) is 5.32 Å². The number of rotatable bonds is 2. The van der Waals surface area contributed by atoms with Crippen LogP contribution in [0, 0.1) is 6.92 Å². The molecule has 94 valence electrons. The summed E-state index contributed by atoms with van der Waals surface area (Å²) in [5, 5.41) is 4.00. The van der Waals surface area contributed by atoms with Crippen molar-refractivity contribution in [1.29, 1.82) is 0 Å². The Morgan fingerprint density at radius 3 is 2.84 bits per heavy atom. The molecule has 3 rings (SSSR count). The van der Waals surface area contributed by atoms with Crippen molar-refractivity contribution in [1.82, 2.24) is 4.98 Å². The number of aromatic amines is 1. The lowest BCUT2D eigenvalue weighted by atomic mass is 10.1. The minimum absolute atomic E-state index is 0.0846. The number of anilines is 1. The Labute approximate surface area is 111 Å². The minimum atomic E-state index is -0.0846. The summed E-state index contributed by atoms with van der Waals surface area (Å²) in [4.78, 5) is 15.2. The second kappa shape index (κ2) is 4.61. The van der Waals surface area contributed by atoms with Crippen molar-refractivity contribution in [3.63, 3.8) is 0 Å². The summed E-state index contributed by atoms with van der Waals surface area (Å²) in [6.45, 7) is 1.97. The highest BCUT2D eigenvalue weighted by Gasteiger charge is 2.06. The van der Waals surface area contributed by atoms with Crippen LogP contribution in [0.2, 0.25) is 0 Å². The number of aromatic nitrogens is 1. The molecule has 0 aliphatic carbocycles. The van der Waals surface area contributed by atoms with Gasteiger partial charge in [0, 0.05) is 28.4 Å². The first kappa shape index (κ1) is 11.5. The van der Waals surface area contributed by atoms with Gasteiger partial charge in [-0.1, -0.05) is 17.7 Å². The lowest BCUT2D eigenvalue weighted by molar-refractivity contribution is 0.102. The molecule has 0 aliphatic rings.